The lowest BCUT2D eigenvalue weighted by atomic mass is 9.80. The summed E-state index contributed by atoms with van der Waals surface area (Å²) >= 11 is 0. The van der Waals surface area contributed by atoms with Crippen LogP contribution in [0.4, 0.5) is 0 Å². The third kappa shape index (κ3) is 4.13. The zero-order valence-electron chi connectivity index (χ0n) is 11.8. The van der Waals surface area contributed by atoms with Crippen LogP contribution in [0.5, 0.6) is 0 Å². The summed E-state index contributed by atoms with van der Waals surface area (Å²) in [6, 6.07) is 0.766. The Morgan fingerprint density at radius 1 is 1.28 bits per heavy atom. The molecule has 0 amide bonds. The average molecular weight is 249 g/mol. The fourth-order valence-electron chi connectivity index (χ4n) is 2.98. The van der Waals surface area contributed by atoms with Gasteiger partial charge in [-0.25, -0.2) is 4.98 Å². The Bertz CT molecular complexity index is 310. The van der Waals surface area contributed by atoms with E-state index in [4.69, 9.17) is 0 Å². The molecule has 1 aromatic rings. The van der Waals surface area contributed by atoms with Crippen LogP contribution in [0.2, 0.25) is 0 Å². The molecule has 3 heteroatoms. The number of nitrogens with one attached hydrogen (secondary N) is 1. The van der Waals surface area contributed by atoms with Gasteiger partial charge in [0.2, 0.25) is 0 Å². The second-order valence-electron chi connectivity index (χ2n) is 5.96. The molecule has 1 aliphatic rings. The highest BCUT2D eigenvalue weighted by atomic mass is 15.0. The van der Waals surface area contributed by atoms with E-state index in [0.717, 1.165) is 31.0 Å². The van der Waals surface area contributed by atoms with Gasteiger partial charge in [0, 0.05) is 25.0 Å². The first-order valence-corrected chi connectivity index (χ1v) is 7.45. The van der Waals surface area contributed by atoms with Gasteiger partial charge in [0.15, 0.2) is 0 Å². The highest BCUT2D eigenvalue weighted by Gasteiger charge is 2.22. The van der Waals surface area contributed by atoms with Gasteiger partial charge < -0.3 is 9.88 Å². The molecule has 1 aliphatic carbocycles. The van der Waals surface area contributed by atoms with Crippen molar-refractivity contribution in [2.24, 2.45) is 11.8 Å². The number of hydrogen-bond acceptors (Lipinski definition) is 2. The molecule has 0 bridgehead atoms. The predicted octanol–water partition coefficient (Wildman–Crippen LogP) is 3.08. The molecule has 0 aromatic carbocycles. The molecule has 0 radical (unpaired) electrons. The minimum atomic E-state index is 0.766. The van der Waals surface area contributed by atoms with Gasteiger partial charge in [0.05, 0.1) is 6.33 Å². The van der Waals surface area contributed by atoms with Crippen molar-refractivity contribution < 1.29 is 0 Å². The lowest BCUT2D eigenvalue weighted by Crippen LogP contribution is -2.35. The van der Waals surface area contributed by atoms with Crippen LogP contribution in [0.3, 0.4) is 0 Å². The van der Waals surface area contributed by atoms with Crippen molar-refractivity contribution in [3.8, 4) is 0 Å². The first-order valence-electron chi connectivity index (χ1n) is 7.45. The van der Waals surface area contributed by atoms with Crippen LogP contribution in [0.15, 0.2) is 18.7 Å². The van der Waals surface area contributed by atoms with Gasteiger partial charge in [0.25, 0.3) is 0 Å². The standard InChI is InChI=1S/C15H27N3/c1-13(2)14-4-6-15(7-5-14)17-8-3-10-18-11-9-16-12-18/h9,11-15,17H,3-8,10H2,1-2H3. The monoisotopic (exact) mass is 249 g/mol. The van der Waals surface area contributed by atoms with E-state index in [-0.39, 0.29) is 0 Å². The quantitative estimate of drug-likeness (QED) is 0.785. The van der Waals surface area contributed by atoms with Crippen molar-refractivity contribution in [1.29, 1.82) is 0 Å². The van der Waals surface area contributed by atoms with Gasteiger partial charge in [-0.15, -0.1) is 0 Å². The summed E-state index contributed by atoms with van der Waals surface area (Å²) < 4.78 is 2.15. The lowest BCUT2D eigenvalue weighted by molar-refractivity contribution is 0.238. The van der Waals surface area contributed by atoms with Gasteiger partial charge in [-0.3, -0.25) is 0 Å². The summed E-state index contributed by atoms with van der Waals surface area (Å²) in [7, 11) is 0. The minimum Gasteiger partial charge on any atom is -0.337 e. The third-order valence-electron chi connectivity index (χ3n) is 4.30. The maximum atomic E-state index is 4.06. The molecule has 1 heterocycles. The van der Waals surface area contributed by atoms with Gasteiger partial charge >= 0.3 is 0 Å². The Labute approximate surface area is 111 Å². The number of rotatable bonds is 6. The van der Waals surface area contributed by atoms with Crippen molar-refractivity contribution >= 4 is 0 Å². The van der Waals surface area contributed by atoms with E-state index in [1.54, 1.807) is 0 Å². The van der Waals surface area contributed by atoms with Crippen LogP contribution < -0.4 is 5.32 Å². The first kappa shape index (κ1) is 13.6. The maximum absolute atomic E-state index is 4.06. The van der Waals surface area contributed by atoms with Gasteiger partial charge in [-0.05, 0) is 50.5 Å². The highest BCUT2D eigenvalue weighted by molar-refractivity contribution is 4.79. The van der Waals surface area contributed by atoms with Crippen LogP contribution >= 0.6 is 0 Å². The Balaban J connectivity index is 1.55. The Kier molecular flexibility index (Phi) is 5.24. The zero-order valence-corrected chi connectivity index (χ0v) is 11.8. The molecule has 0 atom stereocenters. The molecule has 0 aliphatic heterocycles. The van der Waals surface area contributed by atoms with Crippen molar-refractivity contribution in [3.63, 3.8) is 0 Å². The van der Waals surface area contributed by atoms with E-state index in [1.165, 1.54) is 32.1 Å². The number of imidazole rings is 1. The van der Waals surface area contributed by atoms with Crippen molar-refractivity contribution in [1.82, 2.24) is 14.9 Å². The fourth-order valence-corrected chi connectivity index (χ4v) is 2.98. The highest BCUT2D eigenvalue weighted by Crippen LogP contribution is 2.29. The summed E-state index contributed by atoms with van der Waals surface area (Å²) in [5.74, 6) is 1.83. The number of nitrogens with zero attached hydrogens (tertiary/aromatic N) is 2. The molecule has 1 N–H and O–H groups in total. The smallest absolute Gasteiger partial charge is 0.0945 e. The number of aromatic nitrogens is 2. The Morgan fingerprint density at radius 2 is 2.06 bits per heavy atom. The molecule has 0 unspecified atom stereocenters. The predicted molar refractivity (Wildman–Crippen MR) is 75.4 cm³/mol. The third-order valence-corrected chi connectivity index (χ3v) is 4.30. The van der Waals surface area contributed by atoms with Crippen LogP contribution in [0, 0.1) is 11.8 Å². The van der Waals surface area contributed by atoms with Crippen molar-refractivity contribution in [3.05, 3.63) is 18.7 Å². The van der Waals surface area contributed by atoms with Crippen LogP contribution in [-0.2, 0) is 6.54 Å². The Morgan fingerprint density at radius 3 is 2.67 bits per heavy atom. The Hall–Kier alpha value is -0.830. The number of hydrogen-bond donors (Lipinski definition) is 1. The summed E-state index contributed by atoms with van der Waals surface area (Å²) in [6.07, 6.45) is 12.5. The number of aryl methyl sites for hydroxylation is 1. The van der Waals surface area contributed by atoms with Gasteiger partial charge in [-0.2, -0.15) is 0 Å². The van der Waals surface area contributed by atoms with Crippen LogP contribution in [0.1, 0.15) is 46.0 Å². The summed E-state index contributed by atoms with van der Waals surface area (Å²) in [4.78, 5) is 4.06. The van der Waals surface area contributed by atoms with E-state index < -0.39 is 0 Å². The molecule has 1 aromatic heterocycles. The second kappa shape index (κ2) is 6.93. The normalized spacial score (nSPS) is 24.6. The van der Waals surface area contributed by atoms with E-state index >= 15 is 0 Å². The fraction of sp³-hybridized carbons (Fsp3) is 0.800. The van der Waals surface area contributed by atoms with E-state index in [1.807, 2.05) is 18.7 Å². The second-order valence-corrected chi connectivity index (χ2v) is 5.96. The summed E-state index contributed by atoms with van der Waals surface area (Å²) in [6.45, 7) is 6.94. The molecule has 1 fully saturated rings. The first-order chi connectivity index (χ1) is 8.75. The topological polar surface area (TPSA) is 29.9 Å². The minimum absolute atomic E-state index is 0.766. The van der Waals surface area contributed by atoms with Gasteiger partial charge in [-0.1, -0.05) is 13.8 Å². The molecule has 18 heavy (non-hydrogen) atoms. The van der Waals surface area contributed by atoms with Crippen molar-refractivity contribution in [2.45, 2.75) is 58.5 Å². The summed E-state index contributed by atoms with van der Waals surface area (Å²) in [5, 5.41) is 3.71. The molecule has 0 saturated heterocycles. The molecular weight excluding hydrogens is 222 g/mol. The SMILES string of the molecule is CC(C)C1CCC(NCCCn2ccnc2)CC1. The largest absolute Gasteiger partial charge is 0.337 e. The van der Waals surface area contributed by atoms with E-state index in [9.17, 15) is 0 Å². The zero-order chi connectivity index (χ0) is 12.8. The van der Waals surface area contributed by atoms with Crippen LogP contribution in [-0.4, -0.2) is 22.1 Å². The van der Waals surface area contributed by atoms with E-state index in [0.29, 0.717) is 0 Å². The van der Waals surface area contributed by atoms with E-state index in [2.05, 4.69) is 28.7 Å². The molecule has 102 valence electrons. The lowest BCUT2D eigenvalue weighted by Gasteiger charge is -2.31. The van der Waals surface area contributed by atoms with Crippen molar-refractivity contribution in [2.75, 3.05) is 6.54 Å². The average Bonchev–Trinajstić information content (AvgIpc) is 2.88. The molecule has 1 saturated carbocycles. The summed E-state index contributed by atoms with van der Waals surface area (Å²) in [5.41, 5.74) is 0. The van der Waals surface area contributed by atoms with Gasteiger partial charge in [0.1, 0.15) is 0 Å². The molecule has 0 spiro atoms. The molecule has 3 nitrogen and oxygen atoms in total. The molecular formula is C15H27N3. The molecule has 2 rings (SSSR count). The maximum Gasteiger partial charge on any atom is 0.0945 e. The van der Waals surface area contributed by atoms with Crippen LogP contribution in [0.25, 0.3) is 0 Å².